The molecule has 0 saturated carbocycles. The maximum atomic E-state index is 12.6. The van der Waals surface area contributed by atoms with Gasteiger partial charge < -0.3 is 14.2 Å². The van der Waals surface area contributed by atoms with Crippen molar-refractivity contribution in [1.29, 1.82) is 0 Å². The fourth-order valence-electron chi connectivity index (χ4n) is 2.45. The largest absolute Gasteiger partial charge is 0.493 e. The summed E-state index contributed by atoms with van der Waals surface area (Å²) < 4.78 is 43.5. The highest BCUT2D eigenvalue weighted by molar-refractivity contribution is 7.89. The molecule has 28 heavy (non-hydrogen) atoms. The molecule has 9 heteroatoms. The Morgan fingerprint density at radius 3 is 2.25 bits per heavy atom. The Balaban J connectivity index is 2.24. The third-order valence-electron chi connectivity index (χ3n) is 3.77. The predicted octanol–water partition coefficient (Wildman–Crippen LogP) is 2.97. The zero-order valence-electron chi connectivity index (χ0n) is 15.6. The standard InChI is InChI=1S/C19H20ClNO6S/c1-25-16-10-14(11-17(26-2)19(16)27-3)12-21-28(23,24)15-6-4-5-13(9-15)7-8-18(20)22/h4-11,21H,12H2,1-3H3. The van der Waals surface area contributed by atoms with Crippen LogP contribution in [0.25, 0.3) is 6.08 Å². The van der Waals surface area contributed by atoms with Crippen LogP contribution in [0.1, 0.15) is 11.1 Å². The van der Waals surface area contributed by atoms with Crippen LogP contribution in [0.5, 0.6) is 17.2 Å². The van der Waals surface area contributed by atoms with Crippen molar-refractivity contribution in [2.75, 3.05) is 21.3 Å². The van der Waals surface area contributed by atoms with Crippen LogP contribution < -0.4 is 18.9 Å². The summed E-state index contributed by atoms with van der Waals surface area (Å²) in [5.74, 6) is 1.27. The van der Waals surface area contributed by atoms with Gasteiger partial charge in [-0.25, -0.2) is 13.1 Å². The molecule has 2 aromatic carbocycles. The minimum Gasteiger partial charge on any atom is -0.493 e. The van der Waals surface area contributed by atoms with Gasteiger partial charge in [-0.1, -0.05) is 18.2 Å². The molecular formula is C19H20ClNO6S. The van der Waals surface area contributed by atoms with E-state index in [9.17, 15) is 13.2 Å². The number of ether oxygens (including phenoxy) is 3. The van der Waals surface area contributed by atoms with E-state index in [-0.39, 0.29) is 11.4 Å². The highest BCUT2D eigenvalue weighted by atomic mass is 35.5. The van der Waals surface area contributed by atoms with Gasteiger partial charge in [0, 0.05) is 6.54 Å². The first-order chi connectivity index (χ1) is 13.3. The Labute approximate surface area is 168 Å². The van der Waals surface area contributed by atoms with Gasteiger partial charge in [0.15, 0.2) is 11.5 Å². The van der Waals surface area contributed by atoms with Gasteiger partial charge in [0.2, 0.25) is 21.0 Å². The molecule has 2 rings (SSSR count). The van der Waals surface area contributed by atoms with Crippen LogP contribution >= 0.6 is 11.6 Å². The van der Waals surface area contributed by atoms with E-state index in [0.29, 0.717) is 28.4 Å². The number of hydrogen-bond acceptors (Lipinski definition) is 6. The Morgan fingerprint density at radius 2 is 1.71 bits per heavy atom. The number of hydrogen-bond donors (Lipinski definition) is 1. The Hall–Kier alpha value is -2.55. The summed E-state index contributed by atoms with van der Waals surface area (Å²) in [4.78, 5) is 10.9. The lowest BCUT2D eigenvalue weighted by Gasteiger charge is -2.14. The monoisotopic (exact) mass is 425 g/mol. The van der Waals surface area contributed by atoms with Crippen molar-refractivity contribution >= 4 is 32.9 Å². The maximum absolute atomic E-state index is 12.6. The molecule has 0 aromatic heterocycles. The quantitative estimate of drug-likeness (QED) is 0.490. The van der Waals surface area contributed by atoms with Crippen LogP contribution in [0.15, 0.2) is 47.4 Å². The summed E-state index contributed by atoms with van der Waals surface area (Å²) in [6.07, 6.45) is 2.59. The summed E-state index contributed by atoms with van der Waals surface area (Å²) in [5.41, 5.74) is 1.16. The number of halogens is 1. The maximum Gasteiger partial charge on any atom is 0.245 e. The lowest BCUT2D eigenvalue weighted by Crippen LogP contribution is -2.23. The predicted molar refractivity (Wildman–Crippen MR) is 106 cm³/mol. The van der Waals surface area contributed by atoms with E-state index in [4.69, 9.17) is 25.8 Å². The van der Waals surface area contributed by atoms with Crippen LogP contribution in [0.3, 0.4) is 0 Å². The van der Waals surface area contributed by atoms with Crippen LogP contribution in [0, 0.1) is 0 Å². The molecule has 150 valence electrons. The second-order valence-corrected chi connectivity index (χ2v) is 7.71. The van der Waals surface area contributed by atoms with Gasteiger partial charge in [-0.05, 0) is 53.1 Å². The zero-order chi connectivity index (χ0) is 20.7. The van der Waals surface area contributed by atoms with E-state index in [1.165, 1.54) is 39.5 Å². The minimum absolute atomic E-state index is 0.0132. The van der Waals surface area contributed by atoms with Crippen molar-refractivity contribution in [2.24, 2.45) is 0 Å². The molecule has 0 aliphatic heterocycles. The molecule has 0 fully saturated rings. The summed E-state index contributed by atoms with van der Waals surface area (Å²) in [6.45, 7) is 0.0132. The van der Waals surface area contributed by atoms with Crippen LogP contribution in [0.4, 0.5) is 0 Å². The summed E-state index contributed by atoms with van der Waals surface area (Å²) in [6, 6.07) is 9.45. The van der Waals surface area contributed by atoms with Crippen LogP contribution in [0.2, 0.25) is 0 Å². The summed E-state index contributed by atoms with van der Waals surface area (Å²) in [5, 5.41) is -0.645. The molecule has 0 amide bonds. The van der Waals surface area contributed by atoms with E-state index >= 15 is 0 Å². The molecule has 0 spiro atoms. The van der Waals surface area contributed by atoms with Gasteiger partial charge in [0.05, 0.1) is 26.2 Å². The fourth-order valence-corrected chi connectivity index (χ4v) is 3.58. The average Bonchev–Trinajstić information content (AvgIpc) is 2.70. The molecule has 2 aromatic rings. The number of allylic oxidation sites excluding steroid dienone is 1. The number of rotatable bonds is 9. The molecule has 7 nitrogen and oxygen atoms in total. The van der Waals surface area contributed by atoms with Crippen molar-refractivity contribution in [2.45, 2.75) is 11.4 Å². The first-order valence-electron chi connectivity index (χ1n) is 8.07. The topological polar surface area (TPSA) is 90.9 Å². The van der Waals surface area contributed by atoms with E-state index in [1.807, 2.05) is 0 Å². The number of carbonyl (C=O) groups is 1. The number of nitrogens with one attached hydrogen (secondary N) is 1. The normalized spacial score (nSPS) is 11.4. The number of methoxy groups -OCH3 is 3. The van der Waals surface area contributed by atoms with E-state index in [0.717, 1.165) is 6.08 Å². The Bertz CT molecular complexity index is 963. The van der Waals surface area contributed by atoms with Crippen LogP contribution in [-0.4, -0.2) is 35.0 Å². The second kappa shape index (κ2) is 9.59. The van der Waals surface area contributed by atoms with Gasteiger partial charge in [-0.2, -0.15) is 0 Å². The molecule has 0 aliphatic carbocycles. The van der Waals surface area contributed by atoms with E-state index in [1.54, 1.807) is 24.3 Å². The second-order valence-electron chi connectivity index (χ2n) is 5.57. The van der Waals surface area contributed by atoms with Crippen molar-refractivity contribution < 1.29 is 27.4 Å². The van der Waals surface area contributed by atoms with Gasteiger partial charge in [-0.15, -0.1) is 0 Å². The van der Waals surface area contributed by atoms with Crippen molar-refractivity contribution in [1.82, 2.24) is 4.72 Å². The van der Waals surface area contributed by atoms with Crippen LogP contribution in [-0.2, 0) is 21.4 Å². The molecule has 0 saturated heterocycles. The van der Waals surface area contributed by atoms with Gasteiger partial charge in [-0.3, -0.25) is 4.79 Å². The minimum atomic E-state index is -3.79. The smallest absolute Gasteiger partial charge is 0.245 e. The van der Waals surface area contributed by atoms with Crippen molar-refractivity contribution in [3.63, 3.8) is 0 Å². The third kappa shape index (κ3) is 5.48. The molecule has 1 N–H and O–H groups in total. The third-order valence-corrected chi connectivity index (χ3v) is 5.29. The highest BCUT2D eigenvalue weighted by Crippen LogP contribution is 2.38. The van der Waals surface area contributed by atoms with E-state index in [2.05, 4.69) is 4.72 Å². The lowest BCUT2D eigenvalue weighted by molar-refractivity contribution is -0.107. The SMILES string of the molecule is COc1cc(CNS(=O)(=O)c2cccc(C=CC(=O)Cl)c2)cc(OC)c1OC. The number of benzene rings is 2. The molecule has 0 radical (unpaired) electrons. The van der Waals surface area contributed by atoms with Gasteiger partial charge >= 0.3 is 0 Å². The molecule has 0 unspecified atom stereocenters. The number of sulfonamides is 1. The van der Waals surface area contributed by atoms with E-state index < -0.39 is 15.3 Å². The average molecular weight is 426 g/mol. The first kappa shape index (κ1) is 21.7. The molecule has 0 aliphatic rings. The Kier molecular flexibility index (Phi) is 7.45. The summed E-state index contributed by atoms with van der Waals surface area (Å²) in [7, 11) is 0.663. The highest BCUT2D eigenvalue weighted by Gasteiger charge is 2.17. The fraction of sp³-hybridized carbons (Fsp3) is 0.211. The molecule has 0 heterocycles. The van der Waals surface area contributed by atoms with Gasteiger partial charge in [0.25, 0.3) is 0 Å². The summed E-state index contributed by atoms with van der Waals surface area (Å²) >= 11 is 5.26. The first-order valence-corrected chi connectivity index (χ1v) is 9.93. The Morgan fingerprint density at radius 1 is 1.07 bits per heavy atom. The molecule has 0 bridgehead atoms. The molecular weight excluding hydrogens is 406 g/mol. The zero-order valence-corrected chi connectivity index (χ0v) is 17.1. The lowest BCUT2D eigenvalue weighted by atomic mass is 10.2. The molecule has 0 atom stereocenters. The van der Waals surface area contributed by atoms with Gasteiger partial charge in [0.1, 0.15) is 0 Å². The number of carbonyl (C=O) groups excluding carboxylic acids is 1. The van der Waals surface area contributed by atoms with Crippen molar-refractivity contribution in [3.8, 4) is 17.2 Å². The van der Waals surface area contributed by atoms with Crippen molar-refractivity contribution in [3.05, 3.63) is 53.6 Å².